The van der Waals surface area contributed by atoms with Gasteiger partial charge in [-0.1, -0.05) is 42.5 Å². The van der Waals surface area contributed by atoms with E-state index in [4.69, 9.17) is 4.74 Å². The molecule has 0 fully saturated rings. The number of para-hydroxylation sites is 1. The third-order valence-electron chi connectivity index (χ3n) is 7.27. The number of nitrogens with one attached hydrogen (secondary N) is 2. The first-order chi connectivity index (χ1) is 21.9. The minimum Gasteiger partial charge on any atom is -0.497 e. The second kappa shape index (κ2) is 12.8. The van der Waals surface area contributed by atoms with Crippen LogP contribution in [0.1, 0.15) is 17.2 Å². The van der Waals surface area contributed by atoms with E-state index in [-0.39, 0.29) is 23.6 Å². The van der Waals surface area contributed by atoms with Gasteiger partial charge >= 0.3 is 0 Å². The Labute approximate surface area is 256 Å². The highest BCUT2D eigenvalue weighted by molar-refractivity contribution is 6.03. The van der Waals surface area contributed by atoms with E-state index < -0.39 is 36.0 Å². The fourth-order valence-corrected chi connectivity index (χ4v) is 5.04. The summed E-state index contributed by atoms with van der Waals surface area (Å²) in [5.74, 6) is -1.44. The standard InChI is InChI=1S/C33H27F2N7O3/c1-45-24-16-10-21(11-17-24)18-37-33(44)31(27-19-36-29-9-5-3-6-25(27)29)42(23-14-12-22(34)13-15-23)30(43)20-41-39-32(38-40-41)26-7-2-4-8-28(26)35/h2-17,19,31,36H,18,20H2,1H3,(H,37,44). The summed E-state index contributed by atoms with van der Waals surface area (Å²) in [5.41, 5.74) is 2.49. The van der Waals surface area contributed by atoms with E-state index in [1.807, 2.05) is 36.4 Å². The number of nitrogens with zero attached hydrogens (tertiary/aromatic N) is 5. The molecule has 2 N–H and O–H groups in total. The van der Waals surface area contributed by atoms with Crippen LogP contribution in [-0.4, -0.2) is 44.1 Å². The molecule has 6 aromatic rings. The largest absolute Gasteiger partial charge is 0.497 e. The Morgan fingerprint density at radius 2 is 1.69 bits per heavy atom. The van der Waals surface area contributed by atoms with Crippen LogP contribution in [0.5, 0.6) is 5.75 Å². The zero-order chi connectivity index (χ0) is 31.3. The van der Waals surface area contributed by atoms with E-state index in [9.17, 15) is 18.4 Å². The second-order valence-electron chi connectivity index (χ2n) is 10.1. The smallest absolute Gasteiger partial charge is 0.251 e. The molecule has 45 heavy (non-hydrogen) atoms. The van der Waals surface area contributed by atoms with Gasteiger partial charge in [0.05, 0.1) is 12.7 Å². The molecule has 0 aliphatic heterocycles. The van der Waals surface area contributed by atoms with Crippen molar-refractivity contribution in [1.29, 1.82) is 0 Å². The van der Waals surface area contributed by atoms with Crippen molar-refractivity contribution in [2.24, 2.45) is 0 Å². The lowest BCUT2D eigenvalue weighted by atomic mass is 10.0. The summed E-state index contributed by atoms with van der Waals surface area (Å²) < 4.78 is 33.6. The number of halogens is 2. The molecular weight excluding hydrogens is 580 g/mol. The van der Waals surface area contributed by atoms with Crippen molar-refractivity contribution in [1.82, 2.24) is 30.5 Å². The minimum absolute atomic E-state index is 0.000328. The Balaban J connectivity index is 1.38. The SMILES string of the molecule is COc1ccc(CNC(=O)C(c2c[nH]c3ccccc23)N(C(=O)Cn2nnc(-c3ccccc3F)n2)c2ccc(F)cc2)cc1. The van der Waals surface area contributed by atoms with Crippen LogP contribution in [0.4, 0.5) is 14.5 Å². The third-order valence-corrected chi connectivity index (χ3v) is 7.27. The van der Waals surface area contributed by atoms with Crippen molar-refractivity contribution in [2.75, 3.05) is 12.0 Å². The minimum atomic E-state index is -1.19. The number of carbonyl (C=O) groups is 2. The van der Waals surface area contributed by atoms with Crippen LogP contribution in [-0.2, 0) is 22.7 Å². The van der Waals surface area contributed by atoms with E-state index in [2.05, 4.69) is 25.7 Å². The van der Waals surface area contributed by atoms with Gasteiger partial charge in [-0.05, 0) is 65.4 Å². The van der Waals surface area contributed by atoms with Crippen LogP contribution < -0.4 is 15.0 Å². The van der Waals surface area contributed by atoms with Gasteiger partial charge in [0.25, 0.3) is 5.91 Å². The predicted octanol–water partition coefficient (Wildman–Crippen LogP) is 5.20. The lowest BCUT2D eigenvalue weighted by Crippen LogP contribution is -2.45. The van der Waals surface area contributed by atoms with E-state index in [1.54, 1.807) is 31.5 Å². The molecule has 10 nitrogen and oxygen atoms in total. The van der Waals surface area contributed by atoms with Gasteiger partial charge < -0.3 is 15.0 Å². The van der Waals surface area contributed by atoms with Crippen molar-refractivity contribution in [3.05, 3.63) is 126 Å². The average molecular weight is 608 g/mol. The van der Waals surface area contributed by atoms with Crippen molar-refractivity contribution in [3.8, 4) is 17.1 Å². The lowest BCUT2D eigenvalue weighted by Gasteiger charge is -2.31. The molecule has 1 unspecified atom stereocenters. The van der Waals surface area contributed by atoms with Crippen LogP contribution in [0.2, 0.25) is 0 Å². The molecule has 0 spiro atoms. The molecule has 1 atom stereocenters. The summed E-state index contributed by atoms with van der Waals surface area (Å²) in [6, 6.07) is 24.6. The number of methoxy groups -OCH3 is 1. The number of tetrazole rings is 1. The summed E-state index contributed by atoms with van der Waals surface area (Å²) in [6.07, 6.45) is 1.68. The van der Waals surface area contributed by atoms with E-state index in [0.717, 1.165) is 21.3 Å². The molecule has 12 heteroatoms. The van der Waals surface area contributed by atoms with Gasteiger partial charge in [-0.25, -0.2) is 8.78 Å². The highest BCUT2D eigenvalue weighted by atomic mass is 19.1. The summed E-state index contributed by atoms with van der Waals surface area (Å²) in [4.78, 5) is 33.8. The molecule has 226 valence electrons. The topological polar surface area (TPSA) is 118 Å². The summed E-state index contributed by atoms with van der Waals surface area (Å²) in [6.45, 7) is -0.271. The number of hydrogen-bond donors (Lipinski definition) is 2. The number of amides is 2. The van der Waals surface area contributed by atoms with Crippen molar-refractivity contribution < 1.29 is 23.1 Å². The van der Waals surface area contributed by atoms with Crippen LogP contribution in [0, 0.1) is 11.6 Å². The quantitative estimate of drug-likeness (QED) is 0.221. The third kappa shape index (κ3) is 6.25. The zero-order valence-corrected chi connectivity index (χ0v) is 24.0. The van der Waals surface area contributed by atoms with Gasteiger partial charge in [0.1, 0.15) is 30.0 Å². The second-order valence-corrected chi connectivity index (χ2v) is 10.1. The Hall–Kier alpha value is -5.91. The normalized spacial score (nSPS) is 11.7. The zero-order valence-electron chi connectivity index (χ0n) is 24.0. The monoisotopic (exact) mass is 607 g/mol. The molecule has 2 amide bonds. The van der Waals surface area contributed by atoms with Gasteiger partial charge in [-0.3, -0.25) is 14.5 Å². The predicted molar refractivity (Wildman–Crippen MR) is 163 cm³/mol. The van der Waals surface area contributed by atoms with Crippen LogP contribution >= 0.6 is 0 Å². The van der Waals surface area contributed by atoms with Crippen LogP contribution in [0.15, 0.2) is 103 Å². The van der Waals surface area contributed by atoms with Crippen molar-refractivity contribution >= 4 is 28.4 Å². The highest BCUT2D eigenvalue weighted by Crippen LogP contribution is 2.33. The molecule has 0 bridgehead atoms. The molecule has 0 aliphatic rings. The lowest BCUT2D eigenvalue weighted by molar-refractivity contribution is -0.127. The maximum absolute atomic E-state index is 14.4. The van der Waals surface area contributed by atoms with Crippen LogP contribution in [0.25, 0.3) is 22.3 Å². The number of ether oxygens (including phenoxy) is 1. The molecule has 0 aliphatic carbocycles. The summed E-state index contributed by atoms with van der Waals surface area (Å²) in [5, 5.41) is 15.8. The molecule has 0 radical (unpaired) electrons. The van der Waals surface area contributed by atoms with Gasteiger partial charge in [0.15, 0.2) is 0 Å². The maximum Gasteiger partial charge on any atom is 0.251 e. The van der Waals surface area contributed by atoms with Gasteiger partial charge in [-0.2, -0.15) is 4.80 Å². The van der Waals surface area contributed by atoms with E-state index in [0.29, 0.717) is 11.3 Å². The van der Waals surface area contributed by atoms with Gasteiger partial charge in [0.2, 0.25) is 11.7 Å². The fourth-order valence-electron chi connectivity index (χ4n) is 5.04. The number of hydrogen-bond acceptors (Lipinski definition) is 6. The molecule has 2 heterocycles. The van der Waals surface area contributed by atoms with Crippen molar-refractivity contribution in [2.45, 2.75) is 19.1 Å². The van der Waals surface area contributed by atoms with Gasteiger partial charge in [0, 0.05) is 34.9 Å². The average Bonchev–Trinajstić information content (AvgIpc) is 3.70. The van der Waals surface area contributed by atoms with E-state index in [1.165, 1.54) is 47.4 Å². The molecule has 0 saturated carbocycles. The number of benzene rings is 4. The first kappa shape index (κ1) is 29.2. The molecule has 2 aromatic heterocycles. The molecular formula is C33H27F2N7O3. The number of fused-ring (bicyclic) bond motifs is 1. The van der Waals surface area contributed by atoms with Gasteiger partial charge in [-0.15, -0.1) is 10.2 Å². The number of aromatic amines is 1. The summed E-state index contributed by atoms with van der Waals surface area (Å²) in [7, 11) is 1.57. The number of rotatable bonds is 10. The molecule has 6 rings (SSSR count). The maximum atomic E-state index is 14.4. The summed E-state index contributed by atoms with van der Waals surface area (Å²) >= 11 is 0. The Morgan fingerprint density at radius 3 is 2.44 bits per heavy atom. The number of carbonyl (C=O) groups excluding carboxylic acids is 2. The Kier molecular flexibility index (Phi) is 8.27. The van der Waals surface area contributed by atoms with Crippen LogP contribution in [0.3, 0.4) is 0 Å². The number of anilines is 1. The van der Waals surface area contributed by atoms with Crippen molar-refractivity contribution in [3.63, 3.8) is 0 Å². The Morgan fingerprint density at radius 1 is 0.956 bits per heavy atom. The fraction of sp³-hybridized carbons (Fsp3) is 0.121. The number of aromatic nitrogens is 5. The molecule has 0 saturated heterocycles. The van der Waals surface area contributed by atoms with E-state index >= 15 is 0 Å². The first-order valence-electron chi connectivity index (χ1n) is 14.0. The number of H-pyrrole nitrogens is 1. The first-order valence-corrected chi connectivity index (χ1v) is 14.0. The highest BCUT2D eigenvalue weighted by Gasteiger charge is 2.35. The Bertz CT molecular complexity index is 1960. The molecule has 4 aromatic carbocycles.